The van der Waals surface area contributed by atoms with Gasteiger partial charge in [-0.3, -0.25) is 9.69 Å². The van der Waals surface area contributed by atoms with Crippen LogP contribution in [0.25, 0.3) is 6.08 Å². The summed E-state index contributed by atoms with van der Waals surface area (Å²) in [6.45, 7) is 4.96. The maximum Gasteiger partial charge on any atom is 0.266 e. The van der Waals surface area contributed by atoms with Crippen LogP contribution in [0.4, 0.5) is 0 Å². The Morgan fingerprint density at radius 3 is 2.52 bits per heavy atom. The van der Waals surface area contributed by atoms with Gasteiger partial charge in [0.15, 0.2) is 0 Å². The molecule has 1 aliphatic heterocycles. The summed E-state index contributed by atoms with van der Waals surface area (Å²) in [6.07, 6.45) is 10.2. The Labute approximate surface area is 205 Å². The Kier molecular flexibility index (Phi) is 8.24. The topological polar surface area (TPSA) is 38.8 Å². The van der Waals surface area contributed by atoms with Crippen molar-refractivity contribution in [2.75, 3.05) is 19.8 Å². The van der Waals surface area contributed by atoms with E-state index in [1.807, 2.05) is 30.3 Å². The second-order valence-electron chi connectivity index (χ2n) is 8.22. The van der Waals surface area contributed by atoms with E-state index in [1.54, 1.807) is 11.0 Å². The summed E-state index contributed by atoms with van der Waals surface area (Å²) >= 11 is 6.62. The van der Waals surface area contributed by atoms with Crippen molar-refractivity contribution in [3.63, 3.8) is 0 Å². The van der Waals surface area contributed by atoms with Crippen molar-refractivity contribution >= 4 is 40.3 Å². The monoisotopic (exact) mass is 479 g/mol. The van der Waals surface area contributed by atoms with Gasteiger partial charge in [0.05, 0.1) is 4.91 Å². The van der Waals surface area contributed by atoms with Crippen LogP contribution >= 0.6 is 24.0 Å². The third kappa shape index (κ3) is 6.06. The third-order valence-corrected chi connectivity index (χ3v) is 7.33. The lowest BCUT2D eigenvalue weighted by Crippen LogP contribution is -2.27. The molecule has 1 heterocycles. The van der Waals surface area contributed by atoms with Gasteiger partial charge in [0.2, 0.25) is 0 Å². The van der Waals surface area contributed by atoms with E-state index in [1.165, 1.54) is 49.4 Å². The first-order valence-corrected chi connectivity index (χ1v) is 12.7. The predicted octanol–water partition coefficient (Wildman–Crippen LogP) is 6.58. The van der Waals surface area contributed by atoms with Gasteiger partial charge in [-0.15, -0.1) is 6.58 Å². The molecule has 0 aromatic heterocycles. The quantitative estimate of drug-likeness (QED) is 0.176. The largest absolute Gasteiger partial charge is 0.490 e. The highest BCUT2D eigenvalue weighted by molar-refractivity contribution is 8.26. The van der Waals surface area contributed by atoms with Crippen molar-refractivity contribution in [3.8, 4) is 11.5 Å². The molecule has 0 N–H and O–H groups in total. The van der Waals surface area contributed by atoms with E-state index in [-0.39, 0.29) is 5.91 Å². The number of hydrogen-bond acceptors (Lipinski definition) is 5. The molecule has 4 rings (SSSR count). The molecule has 4 nitrogen and oxygen atoms in total. The number of thioether (sulfide) groups is 1. The van der Waals surface area contributed by atoms with E-state index in [9.17, 15) is 4.79 Å². The molecule has 0 radical (unpaired) electrons. The average molecular weight is 480 g/mol. The SMILES string of the molecule is C=CCN1C(=O)/C(=C/c2ccccc2OCCOc2ccc(C3CCCCC3)cc2)SC1=S. The van der Waals surface area contributed by atoms with Crippen molar-refractivity contribution in [1.82, 2.24) is 4.90 Å². The molecule has 2 fully saturated rings. The lowest BCUT2D eigenvalue weighted by molar-refractivity contribution is -0.121. The standard InChI is InChI=1S/C27H29NO3S2/c1-2-16-28-26(29)25(33-27(28)32)19-22-10-6-7-11-24(22)31-18-17-30-23-14-12-21(13-15-23)20-8-4-3-5-9-20/h2,6-7,10-15,19-20H,1,3-5,8-9,16-18H2/b25-19-. The second kappa shape index (κ2) is 11.5. The molecule has 2 aromatic rings. The molecule has 2 aromatic carbocycles. The number of rotatable bonds is 9. The molecule has 6 heteroatoms. The third-order valence-electron chi connectivity index (χ3n) is 5.96. The molecule has 33 heavy (non-hydrogen) atoms. The molecule has 1 saturated heterocycles. The number of thiocarbonyl (C=S) groups is 1. The summed E-state index contributed by atoms with van der Waals surface area (Å²) in [5, 5.41) is 0. The van der Waals surface area contributed by atoms with E-state index in [0.717, 1.165) is 11.3 Å². The minimum Gasteiger partial charge on any atom is -0.490 e. The molecule has 0 unspecified atom stereocenters. The van der Waals surface area contributed by atoms with Gasteiger partial charge in [-0.05, 0) is 48.6 Å². The molecule has 172 valence electrons. The van der Waals surface area contributed by atoms with E-state index in [4.69, 9.17) is 21.7 Å². The number of nitrogens with zero attached hydrogens (tertiary/aromatic N) is 1. The molecule has 0 spiro atoms. The minimum absolute atomic E-state index is 0.0975. The van der Waals surface area contributed by atoms with Crippen LogP contribution in [0.5, 0.6) is 11.5 Å². The van der Waals surface area contributed by atoms with Gasteiger partial charge in [-0.25, -0.2) is 0 Å². The molecule has 2 aliphatic rings. The van der Waals surface area contributed by atoms with Crippen LogP contribution in [0.3, 0.4) is 0 Å². The first-order chi connectivity index (χ1) is 16.2. The minimum atomic E-state index is -0.0975. The molecule has 0 atom stereocenters. The maximum absolute atomic E-state index is 12.6. The lowest BCUT2D eigenvalue weighted by atomic mass is 9.84. The lowest BCUT2D eigenvalue weighted by Gasteiger charge is -2.22. The number of benzene rings is 2. The number of carbonyl (C=O) groups excluding carboxylic acids is 1. The summed E-state index contributed by atoms with van der Waals surface area (Å²) in [5.41, 5.74) is 2.26. The van der Waals surface area contributed by atoms with Crippen LogP contribution in [0, 0.1) is 0 Å². The molecular formula is C27H29NO3S2. The Hall–Kier alpha value is -2.57. The van der Waals surface area contributed by atoms with Crippen molar-refractivity contribution in [2.45, 2.75) is 38.0 Å². The number of para-hydroxylation sites is 1. The summed E-state index contributed by atoms with van der Waals surface area (Å²) in [4.78, 5) is 14.7. The van der Waals surface area contributed by atoms with Crippen molar-refractivity contribution < 1.29 is 14.3 Å². The van der Waals surface area contributed by atoms with Gasteiger partial charge in [-0.2, -0.15) is 0 Å². The van der Waals surface area contributed by atoms with Gasteiger partial charge in [0, 0.05) is 12.1 Å². The van der Waals surface area contributed by atoms with Crippen LogP contribution in [0.15, 0.2) is 66.1 Å². The predicted molar refractivity (Wildman–Crippen MR) is 140 cm³/mol. The van der Waals surface area contributed by atoms with Crippen LogP contribution in [0.1, 0.15) is 49.1 Å². The van der Waals surface area contributed by atoms with Crippen molar-refractivity contribution in [1.29, 1.82) is 0 Å². The average Bonchev–Trinajstić information content (AvgIpc) is 3.11. The number of carbonyl (C=O) groups is 1. The highest BCUT2D eigenvalue weighted by Crippen LogP contribution is 2.35. The zero-order chi connectivity index (χ0) is 23.0. The first kappa shape index (κ1) is 23.6. The Morgan fingerprint density at radius 1 is 1.03 bits per heavy atom. The highest BCUT2D eigenvalue weighted by atomic mass is 32.2. The zero-order valence-electron chi connectivity index (χ0n) is 18.7. The van der Waals surface area contributed by atoms with Crippen molar-refractivity contribution in [2.24, 2.45) is 0 Å². The Morgan fingerprint density at radius 2 is 1.76 bits per heavy atom. The van der Waals surface area contributed by atoms with Gasteiger partial charge in [0.1, 0.15) is 29.0 Å². The van der Waals surface area contributed by atoms with Gasteiger partial charge < -0.3 is 9.47 Å². The summed E-state index contributed by atoms with van der Waals surface area (Å²) in [6, 6.07) is 16.2. The molecule has 1 saturated carbocycles. The zero-order valence-corrected chi connectivity index (χ0v) is 20.3. The van der Waals surface area contributed by atoms with Gasteiger partial charge >= 0.3 is 0 Å². The number of ether oxygens (including phenoxy) is 2. The maximum atomic E-state index is 12.6. The van der Waals surface area contributed by atoms with Crippen molar-refractivity contribution in [3.05, 3.63) is 77.2 Å². The Bertz CT molecular complexity index is 1030. The van der Waals surface area contributed by atoms with Crippen LogP contribution < -0.4 is 9.47 Å². The Balaban J connectivity index is 1.31. The highest BCUT2D eigenvalue weighted by Gasteiger charge is 2.31. The fourth-order valence-corrected chi connectivity index (χ4v) is 5.51. The molecule has 1 amide bonds. The van der Waals surface area contributed by atoms with Crippen LogP contribution in [-0.4, -0.2) is 34.9 Å². The van der Waals surface area contributed by atoms with Gasteiger partial charge in [-0.1, -0.05) is 79.7 Å². The second-order valence-corrected chi connectivity index (χ2v) is 9.90. The number of hydrogen-bond donors (Lipinski definition) is 0. The molecule has 1 aliphatic carbocycles. The first-order valence-electron chi connectivity index (χ1n) is 11.5. The molecule has 0 bridgehead atoms. The fourth-order valence-electron chi connectivity index (χ4n) is 4.24. The van der Waals surface area contributed by atoms with Crippen LogP contribution in [-0.2, 0) is 4.79 Å². The molecular weight excluding hydrogens is 450 g/mol. The van der Waals surface area contributed by atoms with E-state index in [2.05, 4.69) is 30.8 Å². The normalized spacial score (nSPS) is 18.1. The van der Waals surface area contributed by atoms with Gasteiger partial charge in [0.25, 0.3) is 5.91 Å². The van der Waals surface area contributed by atoms with Crippen LogP contribution in [0.2, 0.25) is 0 Å². The van der Waals surface area contributed by atoms with E-state index in [0.29, 0.717) is 40.7 Å². The summed E-state index contributed by atoms with van der Waals surface area (Å²) in [7, 11) is 0. The van der Waals surface area contributed by atoms with E-state index < -0.39 is 0 Å². The van der Waals surface area contributed by atoms with E-state index >= 15 is 0 Å². The fraction of sp³-hybridized carbons (Fsp3) is 0.333. The summed E-state index contributed by atoms with van der Waals surface area (Å²) < 4.78 is 12.4. The number of amides is 1. The smallest absolute Gasteiger partial charge is 0.266 e. The summed E-state index contributed by atoms with van der Waals surface area (Å²) in [5.74, 6) is 2.17.